The minimum Gasteiger partial charge on any atom is -0.333 e. The van der Waals surface area contributed by atoms with Crippen molar-refractivity contribution in [2.75, 3.05) is 27.2 Å². The van der Waals surface area contributed by atoms with E-state index in [1.54, 1.807) is 10.5 Å². The lowest BCUT2D eigenvalue weighted by Crippen LogP contribution is -2.66. The summed E-state index contributed by atoms with van der Waals surface area (Å²) >= 11 is 0. The predicted molar refractivity (Wildman–Crippen MR) is 318 cm³/mol. The number of hydrogen-bond acceptors (Lipinski definition) is 3. The second kappa shape index (κ2) is 15.8. The van der Waals surface area contributed by atoms with Gasteiger partial charge in [0.2, 0.25) is 0 Å². The van der Waals surface area contributed by atoms with Crippen LogP contribution in [0.4, 0.5) is 45.5 Å². The van der Waals surface area contributed by atoms with E-state index in [1.807, 2.05) is 0 Å². The minimum absolute atomic E-state index is 0.0213. The molecule has 0 spiro atoms. The Balaban J connectivity index is 1.12. The first kappa shape index (κ1) is 47.8. The summed E-state index contributed by atoms with van der Waals surface area (Å²) < 4.78 is 0.152. The van der Waals surface area contributed by atoms with Crippen LogP contribution in [0.5, 0.6) is 0 Å². The highest BCUT2D eigenvalue weighted by Gasteiger charge is 2.61. The average Bonchev–Trinajstić information content (AvgIpc) is 3.33. The Morgan fingerprint density at radius 2 is 0.959 bits per heavy atom. The van der Waals surface area contributed by atoms with Gasteiger partial charge in [0.25, 0.3) is 6.71 Å². The highest BCUT2D eigenvalue weighted by atomic mass is 32.3. The van der Waals surface area contributed by atoms with Gasteiger partial charge in [-0.1, -0.05) is 124 Å². The zero-order chi connectivity index (χ0) is 51.0. The van der Waals surface area contributed by atoms with Gasteiger partial charge in [-0.25, -0.2) is 10.0 Å². The lowest BCUT2D eigenvalue weighted by atomic mass is 9.33. The van der Waals surface area contributed by atoms with Crippen molar-refractivity contribution in [1.82, 2.24) is 0 Å². The largest absolute Gasteiger partial charge is 0.333 e. The van der Waals surface area contributed by atoms with Gasteiger partial charge in [-0.05, 0) is 229 Å². The maximum atomic E-state index is 2.87. The third-order valence-electron chi connectivity index (χ3n) is 20.8. The second-order valence-corrected chi connectivity index (χ2v) is 32.4. The summed E-state index contributed by atoms with van der Waals surface area (Å²) in [6.45, 7) is 26.6. The summed E-state index contributed by atoms with van der Waals surface area (Å²) in [7, 11) is -1.15. The van der Waals surface area contributed by atoms with Crippen molar-refractivity contribution in [3.63, 3.8) is 0 Å². The standard InChI is InChI=1S/C68H82BN3S/c1-63(2,3)47-20-25-51(26-21-47)70-56-30-24-49(65(7,8)9)37-54(56)69-55-40-53(72-58-18-14-15-19-61(58)73(12,13)67(11)33-17-16-32-66(67,72)10)29-31-57(55)71(52-27-22-48(23-28-52)64(4,5)6)60-39-50(38-59(70)62(60)69)68-41-44-34-45(42-68)36-46(35-44)43-68/h14-15,18-31,37-40,44-46H,16-17,32-36,41-43H2,1-13H3. The van der Waals surface area contributed by atoms with E-state index >= 15 is 0 Å². The van der Waals surface area contributed by atoms with Gasteiger partial charge in [0.15, 0.2) is 0 Å². The van der Waals surface area contributed by atoms with Crippen molar-refractivity contribution in [3.05, 3.63) is 144 Å². The summed E-state index contributed by atoms with van der Waals surface area (Å²) in [5.41, 5.74) is 20.9. The molecular formula is C68H82BN3S. The van der Waals surface area contributed by atoms with E-state index in [9.17, 15) is 0 Å². The highest BCUT2D eigenvalue weighted by molar-refractivity contribution is 8.34. The maximum Gasteiger partial charge on any atom is 0.252 e. The SMILES string of the molecule is CC(C)(C)c1ccc(N2c3ccc(N4c5ccccc5S(C)(C)C5(C)CCCCC45C)cc3B3c4cc(C(C)(C)C)ccc4N(c4ccc(C(C)(C)C)cc4)c4cc(C56CC7CC(CC(C7)C5)C6)cc2c43)cc1. The molecule has 0 N–H and O–H groups in total. The molecule has 14 rings (SSSR count). The molecule has 2 unspecified atom stereocenters. The molecule has 5 heteroatoms. The molecule has 0 amide bonds. The third kappa shape index (κ3) is 6.97. The molecule has 6 aromatic carbocycles. The molecule has 5 saturated carbocycles. The van der Waals surface area contributed by atoms with Crippen molar-refractivity contribution in [2.24, 2.45) is 17.8 Å². The van der Waals surface area contributed by atoms with Crippen LogP contribution in [-0.2, 0) is 21.7 Å². The van der Waals surface area contributed by atoms with E-state index in [0.717, 1.165) is 17.8 Å². The van der Waals surface area contributed by atoms with Crippen LogP contribution < -0.4 is 31.1 Å². The fourth-order valence-electron chi connectivity index (χ4n) is 16.8. The Kier molecular flexibility index (Phi) is 10.4. The number of para-hydroxylation sites is 1. The van der Waals surface area contributed by atoms with Crippen molar-refractivity contribution in [3.8, 4) is 0 Å². The molecule has 378 valence electrons. The molecule has 0 aromatic heterocycles. The lowest BCUT2D eigenvalue weighted by Gasteiger charge is -2.68. The van der Waals surface area contributed by atoms with E-state index in [-0.39, 0.29) is 38.7 Å². The smallest absolute Gasteiger partial charge is 0.252 e. The molecular weight excluding hydrogens is 902 g/mol. The highest BCUT2D eigenvalue weighted by Crippen LogP contribution is 2.74. The van der Waals surface area contributed by atoms with Crippen LogP contribution in [0.25, 0.3) is 0 Å². The average molecular weight is 984 g/mol. The third-order valence-corrected chi connectivity index (χ3v) is 25.1. The van der Waals surface area contributed by atoms with E-state index < -0.39 is 10.0 Å². The van der Waals surface area contributed by atoms with Gasteiger partial charge >= 0.3 is 0 Å². The summed E-state index contributed by atoms with van der Waals surface area (Å²) in [4.78, 5) is 9.87. The number of rotatable bonds is 4. The number of hydrogen-bond donors (Lipinski definition) is 0. The molecule has 3 nitrogen and oxygen atoms in total. The Morgan fingerprint density at radius 1 is 0.493 bits per heavy atom. The van der Waals surface area contributed by atoms with Gasteiger partial charge in [0, 0.05) is 49.5 Å². The summed E-state index contributed by atoms with van der Waals surface area (Å²) in [6.07, 6.45) is 18.6. The zero-order valence-electron chi connectivity index (χ0n) is 46.7. The molecule has 3 aliphatic heterocycles. The fraction of sp³-hybridized carbons (Fsp3) is 0.471. The topological polar surface area (TPSA) is 9.72 Å². The van der Waals surface area contributed by atoms with Gasteiger partial charge in [0.05, 0.1) is 11.2 Å². The molecule has 6 aromatic rings. The molecule has 4 bridgehead atoms. The van der Waals surface area contributed by atoms with Crippen LogP contribution in [0, 0.1) is 17.8 Å². The predicted octanol–water partition coefficient (Wildman–Crippen LogP) is 16.8. The van der Waals surface area contributed by atoms with Crippen LogP contribution in [0.2, 0.25) is 0 Å². The Hall–Kier alpha value is -4.87. The molecule has 73 heavy (non-hydrogen) atoms. The maximum absolute atomic E-state index is 2.87. The van der Waals surface area contributed by atoms with Crippen molar-refractivity contribution < 1.29 is 0 Å². The van der Waals surface area contributed by atoms with E-state index in [4.69, 9.17) is 0 Å². The number of anilines is 8. The minimum atomic E-state index is -1.15. The van der Waals surface area contributed by atoms with Crippen molar-refractivity contribution in [1.29, 1.82) is 0 Å². The van der Waals surface area contributed by atoms with E-state index in [0.29, 0.717) is 0 Å². The zero-order valence-corrected chi connectivity index (χ0v) is 47.5. The molecule has 2 atom stereocenters. The van der Waals surface area contributed by atoms with Gasteiger partial charge < -0.3 is 14.7 Å². The number of benzene rings is 6. The van der Waals surface area contributed by atoms with Gasteiger partial charge in [0.1, 0.15) is 0 Å². The van der Waals surface area contributed by atoms with Gasteiger partial charge in [-0.2, -0.15) is 0 Å². The molecule has 5 fully saturated rings. The molecule has 3 heterocycles. The van der Waals surface area contributed by atoms with Crippen LogP contribution in [0.15, 0.2) is 126 Å². The van der Waals surface area contributed by atoms with Crippen LogP contribution >= 0.6 is 10.0 Å². The quantitative estimate of drug-likeness (QED) is 0.163. The Bertz CT molecular complexity index is 3150. The first-order valence-corrected chi connectivity index (χ1v) is 30.8. The number of nitrogens with zero attached hydrogens (tertiary/aromatic N) is 3. The van der Waals surface area contributed by atoms with Crippen LogP contribution in [0.3, 0.4) is 0 Å². The molecule has 8 aliphatic rings. The van der Waals surface area contributed by atoms with Crippen LogP contribution in [-0.4, -0.2) is 29.5 Å². The van der Waals surface area contributed by atoms with Crippen LogP contribution in [0.1, 0.15) is 163 Å². The normalized spacial score (nSPS) is 28.0. The van der Waals surface area contributed by atoms with Gasteiger partial charge in [-0.15, -0.1) is 0 Å². The second-order valence-electron chi connectivity index (χ2n) is 28.4. The number of fused-ring (bicyclic) bond motifs is 6. The first-order chi connectivity index (χ1) is 34.5. The summed E-state index contributed by atoms with van der Waals surface area (Å²) in [6, 6.07) is 49.8. The van der Waals surface area contributed by atoms with Crippen molar-refractivity contribution >= 4 is 78.6 Å². The van der Waals surface area contributed by atoms with Gasteiger partial charge in [-0.3, -0.25) is 0 Å². The summed E-state index contributed by atoms with van der Waals surface area (Å²) in [5.74, 6) is 2.55. The van der Waals surface area contributed by atoms with E-state index in [1.165, 1.54) is 143 Å². The first-order valence-electron chi connectivity index (χ1n) is 28.4. The van der Waals surface area contributed by atoms with Crippen molar-refractivity contribution in [2.45, 2.75) is 177 Å². The Morgan fingerprint density at radius 3 is 1.49 bits per heavy atom. The molecule has 0 saturated heterocycles. The summed E-state index contributed by atoms with van der Waals surface area (Å²) in [5, 5.41) is 0. The monoisotopic (exact) mass is 984 g/mol. The fourth-order valence-corrected chi connectivity index (χ4v) is 20.3. The Labute approximate surface area is 442 Å². The molecule has 5 aliphatic carbocycles. The lowest BCUT2D eigenvalue weighted by molar-refractivity contribution is -0.00514. The molecule has 0 radical (unpaired) electrons. The van der Waals surface area contributed by atoms with E-state index in [2.05, 4.69) is 225 Å².